The Morgan fingerprint density at radius 2 is 2.13 bits per heavy atom. The molecule has 0 aliphatic rings. The van der Waals surface area contributed by atoms with E-state index in [2.05, 4.69) is 38.1 Å². The number of alkyl halides is 1. The van der Waals surface area contributed by atoms with Gasteiger partial charge in [-0.15, -0.1) is 16.7 Å². The first-order valence-corrected chi connectivity index (χ1v) is 5.81. The Hall–Kier alpha value is -0.820. The molecule has 0 aliphatic heterocycles. The number of hydrogen-bond donors (Lipinski definition) is 1. The fraction of sp³-hybridized carbons (Fsp3) is 0.111. The quantitative estimate of drug-likeness (QED) is 0.691. The molecule has 1 aromatic heterocycles. The van der Waals surface area contributed by atoms with Crippen LogP contribution in [0.25, 0.3) is 0 Å². The molecule has 0 spiro atoms. The molecule has 1 heterocycles. The molecule has 2 rings (SSSR count). The number of hydrogen-bond acceptors (Lipinski definition) is 4. The highest BCUT2D eigenvalue weighted by Gasteiger charge is 2.06. The van der Waals surface area contributed by atoms with Crippen LogP contribution in [0.4, 0.5) is 11.7 Å². The molecule has 1 aromatic carbocycles. The molecule has 0 aliphatic carbocycles. The molecule has 4 nitrogen and oxygen atoms in total. The van der Waals surface area contributed by atoms with Gasteiger partial charge >= 0.3 is 6.01 Å². The van der Waals surface area contributed by atoms with Crippen LogP contribution in [0, 0.1) is 3.57 Å². The molecular formula is C9H7ClIN3O. The lowest BCUT2D eigenvalue weighted by atomic mass is 10.3. The minimum absolute atomic E-state index is 0.223. The van der Waals surface area contributed by atoms with Crippen LogP contribution < -0.4 is 5.32 Å². The van der Waals surface area contributed by atoms with Crippen molar-refractivity contribution in [3.8, 4) is 0 Å². The highest BCUT2D eigenvalue weighted by atomic mass is 127. The first-order valence-electron chi connectivity index (χ1n) is 4.19. The smallest absolute Gasteiger partial charge is 0.320 e. The number of nitrogens with zero attached hydrogens (tertiary/aromatic N) is 2. The van der Waals surface area contributed by atoms with Crippen molar-refractivity contribution in [2.75, 3.05) is 5.32 Å². The molecule has 6 heteroatoms. The van der Waals surface area contributed by atoms with E-state index in [1.807, 2.05) is 24.3 Å². The van der Waals surface area contributed by atoms with Gasteiger partial charge in [0.1, 0.15) is 5.88 Å². The summed E-state index contributed by atoms with van der Waals surface area (Å²) in [6.45, 7) is 0. The van der Waals surface area contributed by atoms with E-state index >= 15 is 0 Å². The Morgan fingerprint density at radius 3 is 2.80 bits per heavy atom. The minimum atomic E-state index is 0.223. The fourth-order valence-electron chi connectivity index (χ4n) is 1.04. The molecule has 1 N–H and O–H groups in total. The van der Waals surface area contributed by atoms with Gasteiger partial charge in [0.15, 0.2) is 0 Å². The first-order chi connectivity index (χ1) is 7.29. The number of halogens is 2. The zero-order chi connectivity index (χ0) is 10.7. The number of aromatic nitrogens is 2. The summed E-state index contributed by atoms with van der Waals surface area (Å²) < 4.78 is 6.31. The maximum atomic E-state index is 5.55. The third-order valence-electron chi connectivity index (χ3n) is 1.70. The van der Waals surface area contributed by atoms with Gasteiger partial charge in [-0.3, -0.25) is 0 Å². The summed E-state index contributed by atoms with van der Waals surface area (Å²) in [7, 11) is 0. The van der Waals surface area contributed by atoms with Crippen LogP contribution in [0.1, 0.15) is 5.89 Å². The second-order valence-corrected chi connectivity index (χ2v) is 4.17. The van der Waals surface area contributed by atoms with Gasteiger partial charge in [0, 0.05) is 3.57 Å². The van der Waals surface area contributed by atoms with E-state index in [9.17, 15) is 0 Å². The highest BCUT2D eigenvalue weighted by molar-refractivity contribution is 14.1. The average molecular weight is 336 g/mol. The summed E-state index contributed by atoms with van der Waals surface area (Å²) in [6.07, 6.45) is 0. The van der Waals surface area contributed by atoms with Crippen molar-refractivity contribution in [2.45, 2.75) is 5.88 Å². The van der Waals surface area contributed by atoms with Crippen LogP contribution in [0.3, 0.4) is 0 Å². The second-order valence-electron chi connectivity index (χ2n) is 2.74. The third kappa shape index (κ3) is 2.60. The van der Waals surface area contributed by atoms with Crippen molar-refractivity contribution in [3.05, 3.63) is 33.7 Å². The van der Waals surface area contributed by atoms with E-state index in [4.69, 9.17) is 16.0 Å². The zero-order valence-electron chi connectivity index (χ0n) is 7.58. The Morgan fingerprint density at radius 1 is 1.33 bits per heavy atom. The molecule has 0 bridgehead atoms. The van der Waals surface area contributed by atoms with Crippen molar-refractivity contribution < 1.29 is 4.42 Å². The van der Waals surface area contributed by atoms with E-state index in [1.54, 1.807) is 0 Å². The molecule has 0 unspecified atom stereocenters. The van der Waals surface area contributed by atoms with Crippen molar-refractivity contribution in [1.29, 1.82) is 0 Å². The molecule has 0 radical (unpaired) electrons. The average Bonchev–Trinajstić information content (AvgIpc) is 2.69. The SMILES string of the molecule is ClCc1nnc(Nc2ccccc2I)o1. The Labute approximate surface area is 105 Å². The third-order valence-corrected chi connectivity index (χ3v) is 2.87. The van der Waals surface area contributed by atoms with Gasteiger partial charge in [-0.2, -0.15) is 0 Å². The summed E-state index contributed by atoms with van der Waals surface area (Å²) in [6, 6.07) is 8.18. The maximum Gasteiger partial charge on any atom is 0.320 e. The molecule has 0 saturated carbocycles. The van der Waals surface area contributed by atoms with E-state index in [-0.39, 0.29) is 5.88 Å². The zero-order valence-corrected chi connectivity index (χ0v) is 10.5. The van der Waals surface area contributed by atoms with Crippen LogP contribution in [-0.2, 0) is 5.88 Å². The van der Waals surface area contributed by atoms with Crippen molar-refractivity contribution >= 4 is 45.9 Å². The number of nitrogens with one attached hydrogen (secondary N) is 1. The van der Waals surface area contributed by atoms with Gasteiger partial charge in [0.25, 0.3) is 0 Å². The maximum absolute atomic E-state index is 5.55. The predicted octanol–water partition coefficient (Wildman–Crippen LogP) is 3.16. The molecule has 78 valence electrons. The minimum Gasteiger partial charge on any atom is -0.407 e. The molecule has 0 atom stereocenters. The highest BCUT2D eigenvalue weighted by Crippen LogP contribution is 2.21. The van der Waals surface area contributed by atoms with Gasteiger partial charge in [-0.25, -0.2) is 0 Å². The van der Waals surface area contributed by atoms with Crippen molar-refractivity contribution in [3.63, 3.8) is 0 Å². The number of para-hydroxylation sites is 1. The lowest BCUT2D eigenvalue weighted by Gasteiger charge is -2.02. The van der Waals surface area contributed by atoms with Crippen LogP contribution in [-0.4, -0.2) is 10.2 Å². The lowest BCUT2D eigenvalue weighted by Crippen LogP contribution is -1.92. The van der Waals surface area contributed by atoms with Crippen molar-refractivity contribution in [2.24, 2.45) is 0 Å². The second kappa shape index (κ2) is 4.80. The molecule has 0 fully saturated rings. The van der Waals surface area contributed by atoms with Gasteiger partial charge in [-0.1, -0.05) is 17.2 Å². The summed E-state index contributed by atoms with van der Waals surface area (Å²) >= 11 is 7.77. The standard InChI is InChI=1S/C9H7ClIN3O/c10-5-8-13-14-9(15-8)12-7-4-2-1-3-6(7)11/h1-4H,5H2,(H,12,14). The van der Waals surface area contributed by atoms with E-state index in [0.29, 0.717) is 11.9 Å². The van der Waals surface area contributed by atoms with E-state index < -0.39 is 0 Å². The summed E-state index contributed by atoms with van der Waals surface area (Å²) in [5.41, 5.74) is 0.933. The van der Waals surface area contributed by atoms with Gasteiger partial charge in [-0.05, 0) is 34.7 Å². The molecule has 0 saturated heterocycles. The summed E-state index contributed by atoms with van der Waals surface area (Å²) in [5.74, 6) is 0.630. The number of benzene rings is 1. The van der Waals surface area contributed by atoms with Crippen LogP contribution in [0.2, 0.25) is 0 Å². The number of rotatable bonds is 3. The van der Waals surface area contributed by atoms with Gasteiger partial charge in [0.2, 0.25) is 5.89 Å². The largest absolute Gasteiger partial charge is 0.407 e. The monoisotopic (exact) mass is 335 g/mol. The molecule has 0 amide bonds. The molecular weight excluding hydrogens is 328 g/mol. The summed E-state index contributed by atoms with van der Waals surface area (Å²) in [5, 5.41) is 10.6. The van der Waals surface area contributed by atoms with Crippen LogP contribution in [0.5, 0.6) is 0 Å². The topological polar surface area (TPSA) is 51.0 Å². The molecule has 15 heavy (non-hydrogen) atoms. The van der Waals surface area contributed by atoms with Crippen LogP contribution >= 0.6 is 34.2 Å². The first kappa shape index (κ1) is 10.7. The molecule has 2 aromatic rings. The Balaban J connectivity index is 2.18. The fourth-order valence-corrected chi connectivity index (χ4v) is 1.67. The Kier molecular flexibility index (Phi) is 3.42. The van der Waals surface area contributed by atoms with Gasteiger partial charge < -0.3 is 9.73 Å². The predicted molar refractivity (Wildman–Crippen MR) is 66.3 cm³/mol. The summed E-state index contributed by atoms with van der Waals surface area (Å²) in [4.78, 5) is 0. The van der Waals surface area contributed by atoms with Gasteiger partial charge in [0.05, 0.1) is 5.69 Å². The van der Waals surface area contributed by atoms with E-state index in [1.165, 1.54) is 0 Å². The van der Waals surface area contributed by atoms with Crippen LogP contribution in [0.15, 0.2) is 28.7 Å². The van der Waals surface area contributed by atoms with E-state index in [0.717, 1.165) is 9.26 Å². The van der Waals surface area contributed by atoms with Crippen molar-refractivity contribution in [1.82, 2.24) is 10.2 Å². The number of anilines is 2. The normalized spacial score (nSPS) is 10.3. The lowest BCUT2D eigenvalue weighted by molar-refractivity contribution is 0.530. The Bertz CT molecular complexity index is 460.